The number of aromatic nitrogens is 3. The Hall–Kier alpha value is -2.42. The van der Waals surface area contributed by atoms with Crippen molar-refractivity contribution in [3.05, 3.63) is 48.0 Å². The van der Waals surface area contributed by atoms with Crippen molar-refractivity contribution in [2.75, 3.05) is 18.8 Å². The largest absolute Gasteiger partial charge is 0.357 e. The van der Waals surface area contributed by atoms with Crippen molar-refractivity contribution in [3.8, 4) is 0 Å². The third-order valence-corrected chi connectivity index (χ3v) is 5.37. The van der Waals surface area contributed by atoms with E-state index >= 15 is 0 Å². The smallest absolute Gasteiger partial charge is 0.191 e. The SMILES string of the molecule is CCNC(=NCc1ncnn1C)NCCCS(=O)(=O)Cc1ccccc1. The van der Waals surface area contributed by atoms with Crippen molar-refractivity contribution in [1.29, 1.82) is 0 Å². The summed E-state index contributed by atoms with van der Waals surface area (Å²) in [6, 6.07) is 9.24. The Morgan fingerprint density at radius 1 is 1.23 bits per heavy atom. The van der Waals surface area contributed by atoms with E-state index in [9.17, 15) is 8.42 Å². The molecule has 0 aliphatic heterocycles. The fraction of sp³-hybridized carbons (Fsp3) is 0.471. The minimum absolute atomic E-state index is 0.0775. The normalized spacial score (nSPS) is 12.2. The summed E-state index contributed by atoms with van der Waals surface area (Å²) in [6.45, 7) is 3.62. The van der Waals surface area contributed by atoms with E-state index in [1.54, 1.807) is 4.68 Å². The van der Waals surface area contributed by atoms with Gasteiger partial charge in [0.15, 0.2) is 15.8 Å². The van der Waals surface area contributed by atoms with Crippen molar-refractivity contribution in [2.24, 2.45) is 12.0 Å². The van der Waals surface area contributed by atoms with Crippen molar-refractivity contribution < 1.29 is 8.42 Å². The van der Waals surface area contributed by atoms with Crippen molar-refractivity contribution in [1.82, 2.24) is 25.4 Å². The molecule has 1 heterocycles. The van der Waals surface area contributed by atoms with Gasteiger partial charge in [0.25, 0.3) is 0 Å². The summed E-state index contributed by atoms with van der Waals surface area (Å²) in [4.78, 5) is 8.57. The molecular formula is C17H26N6O2S. The number of guanidine groups is 1. The molecule has 1 aromatic carbocycles. The lowest BCUT2D eigenvalue weighted by Gasteiger charge is -2.11. The molecule has 0 bridgehead atoms. The molecule has 8 nitrogen and oxygen atoms in total. The van der Waals surface area contributed by atoms with E-state index in [0.29, 0.717) is 25.5 Å². The standard InChI is InChI=1S/C17H26N6O2S/c1-3-18-17(20-12-16-21-14-22-23(16)2)19-10-7-11-26(24,25)13-15-8-5-4-6-9-15/h4-6,8-9,14H,3,7,10-13H2,1-2H3,(H2,18,19,20). The lowest BCUT2D eigenvalue weighted by Crippen LogP contribution is -2.38. The monoisotopic (exact) mass is 378 g/mol. The number of hydrogen-bond donors (Lipinski definition) is 2. The number of aliphatic imine (C=N–C) groups is 1. The Labute approximate surface area is 154 Å². The van der Waals surface area contributed by atoms with Crippen LogP contribution in [0.25, 0.3) is 0 Å². The molecule has 0 saturated heterocycles. The highest BCUT2D eigenvalue weighted by molar-refractivity contribution is 7.90. The van der Waals surface area contributed by atoms with Gasteiger partial charge in [-0.05, 0) is 18.9 Å². The highest BCUT2D eigenvalue weighted by Gasteiger charge is 2.11. The van der Waals surface area contributed by atoms with E-state index in [2.05, 4.69) is 25.7 Å². The van der Waals surface area contributed by atoms with Crippen LogP contribution in [0.5, 0.6) is 0 Å². The Morgan fingerprint density at radius 2 is 2.00 bits per heavy atom. The van der Waals surface area contributed by atoms with Gasteiger partial charge in [-0.1, -0.05) is 30.3 Å². The molecule has 0 aliphatic carbocycles. The van der Waals surface area contributed by atoms with Gasteiger partial charge in [-0.3, -0.25) is 4.68 Å². The Bertz CT molecular complexity index is 802. The maximum atomic E-state index is 12.2. The van der Waals surface area contributed by atoms with Crippen LogP contribution in [0.3, 0.4) is 0 Å². The molecular weight excluding hydrogens is 352 g/mol. The lowest BCUT2D eigenvalue weighted by molar-refractivity contribution is 0.591. The number of nitrogens with zero attached hydrogens (tertiary/aromatic N) is 4. The second-order valence-electron chi connectivity index (χ2n) is 5.85. The van der Waals surface area contributed by atoms with Gasteiger partial charge in [0.05, 0.1) is 11.5 Å². The maximum absolute atomic E-state index is 12.2. The quantitative estimate of drug-likeness (QED) is 0.382. The minimum atomic E-state index is -3.12. The maximum Gasteiger partial charge on any atom is 0.191 e. The van der Waals surface area contributed by atoms with E-state index in [-0.39, 0.29) is 11.5 Å². The number of hydrogen-bond acceptors (Lipinski definition) is 5. The fourth-order valence-electron chi connectivity index (χ4n) is 2.35. The summed E-state index contributed by atoms with van der Waals surface area (Å²) in [5.74, 6) is 1.61. The first kappa shape index (κ1) is 19.9. The van der Waals surface area contributed by atoms with Gasteiger partial charge in [-0.25, -0.2) is 18.4 Å². The van der Waals surface area contributed by atoms with Crippen LogP contribution in [0.2, 0.25) is 0 Å². The number of rotatable bonds is 9. The third-order valence-electron chi connectivity index (χ3n) is 3.68. The van der Waals surface area contributed by atoms with Crippen LogP contribution < -0.4 is 10.6 Å². The number of benzene rings is 1. The summed E-state index contributed by atoms with van der Waals surface area (Å²) >= 11 is 0. The van der Waals surface area contributed by atoms with Crippen molar-refractivity contribution >= 4 is 15.8 Å². The third kappa shape index (κ3) is 6.83. The fourth-order valence-corrected chi connectivity index (χ4v) is 3.78. The zero-order valence-electron chi connectivity index (χ0n) is 15.2. The first-order valence-corrected chi connectivity index (χ1v) is 10.4. The molecule has 0 saturated carbocycles. The molecule has 1 aromatic heterocycles. The van der Waals surface area contributed by atoms with Crippen molar-refractivity contribution in [2.45, 2.75) is 25.6 Å². The van der Waals surface area contributed by atoms with E-state index in [0.717, 1.165) is 17.9 Å². The van der Waals surface area contributed by atoms with Gasteiger partial charge >= 0.3 is 0 Å². The van der Waals surface area contributed by atoms with E-state index in [1.807, 2.05) is 44.3 Å². The van der Waals surface area contributed by atoms with Crippen LogP contribution in [0.4, 0.5) is 0 Å². The Kier molecular flexibility index (Phi) is 7.58. The minimum Gasteiger partial charge on any atom is -0.357 e. The van der Waals surface area contributed by atoms with Crippen molar-refractivity contribution in [3.63, 3.8) is 0 Å². The summed E-state index contributed by atoms with van der Waals surface area (Å²) in [5.41, 5.74) is 0.819. The van der Waals surface area contributed by atoms with Crippen LogP contribution in [0, 0.1) is 0 Å². The Morgan fingerprint density at radius 3 is 2.65 bits per heavy atom. The summed E-state index contributed by atoms with van der Waals surface area (Å²) in [7, 11) is -1.30. The van der Waals surface area contributed by atoms with Gasteiger partial charge in [-0.15, -0.1) is 0 Å². The highest BCUT2D eigenvalue weighted by Crippen LogP contribution is 2.06. The predicted octanol–water partition coefficient (Wildman–Crippen LogP) is 0.875. The molecule has 0 aliphatic rings. The molecule has 2 rings (SSSR count). The summed E-state index contributed by atoms with van der Waals surface area (Å²) in [5, 5.41) is 10.3. The molecule has 2 N–H and O–H groups in total. The summed E-state index contributed by atoms with van der Waals surface area (Å²) in [6.07, 6.45) is 2.01. The van der Waals surface area contributed by atoms with Crippen LogP contribution in [-0.2, 0) is 29.2 Å². The average molecular weight is 379 g/mol. The molecule has 0 fully saturated rings. The molecule has 0 unspecified atom stereocenters. The highest BCUT2D eigenvalue weighted by atomic mass is 32.2. The lowest BCUT2D eigenvalue weighted by atomic mass is 10.2. The first-order chi connectivity index (χ1) is 12.5. The van der Waals surface area contributed by atoms with Gasteiger partial charge in [-0.2, -0.15) is 5.10 Å². The molecule has 2 aromatic rings. The van der Waals surface area contributed by atoms with Gasteiger partial charge in [0.1, 0.15) is 18.7 Å². The molecule has 0 spiro atoms. The van der Waals surface area contributed by atoms with Crippen LogP contribution in [0.15, 0.2) is 41.7 Å². The average Bonchev–Trinajstić information content (AvgIpc) is 3.02. The molecule has 142 valence electrons. The number of nitrogens with one attached hydrogen (secondary N) is 2. The number of sulfone groups is 1. The second kappa shape index (κ2) is 9.91. The van der Waals surface area contributed by atoms with Gasteiger partial charge < -0.3 is 10.6 Å². The van der Waals surface area contributed by atoms with Crippen LogP contribution in [-0.4, -0.2) is 48.0 Å². The molecule has 9 heteroatoms. The molecule has 0 amide bonds. The topological polar surface area (TPSA) is 101 Å². The van der Waals surface area contributed by atoms with Crippen LogP contribution in [0.1, 0.15) is 24.7 Å². The second-order valence-corrected chi connectivity index (χ2v) is 8.04. The molecule has 0 atom stereocenters. The van der Waals surface area contributed by atoms with E-state index in [1.165, 1.54) is 6.33 Å². The number of aryl methyl sites for hydroxylation is 1. The van der Waals surface area contributed by atoms with E-state index < -0.39 is 9.84 Å². The Balaban J connectivity index is 1.79. The molecule has 26 heavy (non-hydrogen) atoms. The van der Waals surface area contributed by atoms with Crippen LogP contribution >= 0.6 is 0 Å². The summed E-state index contributed by atoms with van der Waals surface area (Å²) < 4.78 is 26.1. The predicted molar refractivity (Wildman–Crippen MR) is 102 cm³/mol. The molecule has 0 radical (unpaired) electrons. The van der Waals surface area contributed by atoms with Gasteiger partial charge in [0.2, 0.25) is 0 Å². The first-order valence-electron chi connectivity index (χ1n) is 8.59. The van der Waals surface area contributed by atoms with Gasteiger partial charge in [0, 0.05) is 20.1 Å². The van der Waals surface area contributed by atoms with E-state index in [4.69, 9.17) is 0 Å². The zero-order valence-corrected chi connectivity index (χ0v) is 16.0. The zero-order chi connectivity index (χ0) is 18.8.